The highest BCUT2D eigenvalue weighted by Crippen LogP contribution is 2.29. The number of hydrogen-bond acceptors (Lipinski definition) is 4. The Morgan fingerprint density at radius 3 is 2.65 bits per heavy atom. The number of aromatic nitrogens is 2. The number of nitrogens with one attached hydrogen (secondary N) is 2. The minimum atomic E-state index is -3.71. The first-order valence-electron chi connectivity index (χ1n) is 7.65. The summed E-state index contributed by atoms with van der Waals surface area (Å²) < 4.78 is 30.1. The molecular formula is C14H25N5O3S. The zero-order valence-corrected chi connectivity index (χ0v) is 15.0. The Morgan fingerprint density at radius 1 is 1.48 bits per heavy atom. The standard InChI is InChI=1S/C14H25N5O3S/c1-9(2)7-15-14(20)13-6-12(17-23(21,22)19(13)5)11-8-18(4)16-10(11)3/h8-9,12-13,17H,6-7H2,1-5H3,(H,15,20)/t12-,13+/m0/s1. The third-order valence-electron chi connectivity index (χ3n) is 3.98. The first-order valence-corrected chi connectivity index (χ1v) is 9.09. The number of amides is 1. The van der Waals surface area contributed by atoms with Crippen LogP contribution < -0.4 is 10.0 Å². The number of hydrogen-bond donors (Lipinski definition) is 2. The maximum Gasteiger partial charge on any atom is 0.280 e. The molecule has 0 bridgehead atoms. The molecule has 2 atom stereocenters. The van der Waals surface area contributed by atoms with Crippen LogP contribution in [-0.2, 0) is 22.1 Å². The van der Waals surface area contributed by atoms with E-state index in [1.165, 1.54) is 7.05 Å². The number of likely N-dealkylation sites (N-methyl/N-ethyl adjacent to an activating group) is 1. The van der Waals surface area contributed by atoms with Crippen LogP contribution in [0.25, 0.3) is 0 Å². The van der Waals surface area contributed by atoms with E-state index < -0.39 is 22.3 Å². The van der Waals surface area contributed by atoms with Gasteiger partial charge in [-0.3, -0.25) is 9.48 Å². The van der Waals surface area contributed by atoms with Crippen LogP contribution >= 0.6 is 0 Å². The fraction of sp³-hybridized carbons (Fsp3) is 0.714. The maximum atomic E-state index is 12.4. The van der Waals surface area contributed by atoms with E-state index in [-0.39, 0.29) is 5.91 Å². The van der Waals surface area contributed by atoms with Gasteiger partial charge in [-0.2, -0.15) is 22.5 Å². The van der Waals surface area contributed by atoms with Gasteiger partial charge in [0.15, 0.2) is 0 Å². The van der Waals surface area contributed by atoms with E-state index in [1.54, 1.807) is 17.9 Å². The summed E-state index contributed by atoms with van der Waals surface area (Å²) in [6, 6.07) is -1.19. The van der Waals surface area contributed by atoms with Crippen LogP contribution in [0, 0.1) is 12.8 Å². The van der Waals surface area contributed by atoms with E-state index in [2.05, 4.69) is 15.1 Å². The van der Waals surface area contributed by atoms with Gasteiger partial charge >= 0.3 is 0 Å². The Kier molecular flexibility index (Phi) is 5.12. The van der Waals surface area contributed by atoms with Gasteiger partial charge in [-0.15, -0.1) is 0 Å². The number of aryl methyl sites for hydroxylation is 2. The van der Waals surface area contributed by atoms with Crippen molar-refractivity contribution in [2.75, 3.05) is 13.6 Å². The molecule has 9 heteroatoms. The smallest absolute Gasteiger partial charge is 0.280 e. The highest BCUT2D eigenvalue weighted by Gasteiger charge is 2.41. The Labute approximate surface area is 137 Å². The van der Waals surface area contributed by atoms with Crippen LogP contribution in [0.1, 0.15) is 37.6 Å². The lowest BCUT2D eigenvalue weighted by atomic mass is 10.00. The van der Waals surface area contributed by atoms with Gasteiger partial charge in [-0.05, 0) is 19.3 Å². The molecule has 1 amide bonds. The summed E-state index contributed by atoms with van der Waals surface area (Å²) in [4.78, 5) is 12.4. The molecule has 0 saturated carbocycles. The first-order chi connectivity index (χ1) is 10.6. The summed E-state index contributed by atoms with van der Waals surface area (Å²) in [6.07, 6.45) is 2.16. The number of carbonyl (C=O) groups excluding carboxylic acids is 1. The molecule has 0 aromatic carbocycles. The molecule has 1 aliphatic rings. The second-order valence-corrected chi connectivity index (χ2v) is 8.19. The largest absolute Gasteiger partial charge is 0.354 e. The predicted octanol–water partition coefficient (Wildman–Crippen LogP) is 0.0803. The first kappa shape index (κ1) is 17.9. The van der Waals surface area contributed by atoms with E-state index in [1.807, 2.05) is 20.8 Å². The molecule has 0 radical (unpaired) electrons. The minimum absolute atomic E-state index is 0.266. The molecular weight excluding hydrogens is 318 g/mol. The molecule has 130 valence electrons. The molecule has 23 heavy (non-hydrogen) atoms. The average molecular weight is 343 g/mol. The van der Waals surface area contributed by atoms with Crippen molar-refractivity contribution in [3.05, 3.63) is 17.5 Å². The van der Waals surface area contributed by atoms with E-state index in [0.29, 0.717) is 18.9 Å². The molecule has 0 unspecified atom stereocenters. The molecule has 1 saturated heterocycles. The van der Waals surface area contributed by atoms with Crippen molar-refractivity contribution >= 4 is 16.1 Å². The summed E-state index contributed by atoms with van der Waals surface area (Å²) in [7, 11) is -0.504. The summed E-state index contributed by atoms with van der Waals surface area (Å²) >= 11 is 0. The fourth-order valence-electron chi connectivity index (χ4n) is 2.70. The van der Waals surface area contributed by atoms with Gasteiger partial charge in [0.1, 0.15) is 6.04 Å². The Balaban J connectivity index is 2.25. The minimum Gasteiger partial charge on any atom is -0.354 e. The highest BCUT2D eigenvalue weighted by molar-refractivity contribution is 7.87. The van der Waals surface area contributed by atoms with Crippen molar-refractivity contribution in [2.45, 2.75) is 39.3 Å². The molecule has 1 aliphatic heterocycles. The van der Waals surface area contributed by atoms with Gasteiger partial charge in [0, 0.05) is 32.4 Å². The van der Waals surface area contributed by atoms with Crippen molar-refractivity contribution in [3.63, 3.8) is 0 Å². The lowest BCUT2D eigenvalue weighted by molar-refractivity contribution is -0.125. The Bertz CT molecular complexity index is 683. The van der Waals surface area contributed by atoms with Crippen molar-refractivity contribution in [1.29, 1.82) is 0 Å². The highest BCUT2D eigenvalue weighted by atomic mass is 32.2. The zero-order chi connectivity index (χ0) is 17.4. The summed E-state index contributed by atoms with van der Waals surface area (Å²) in [5.41, 5.74) is 1.55. The van der Waals surface area contributed by atoms with Crippen LogP contribution in [-0.4, -0.2) is 48.0 Å². The van der Waals surface area contributed by atoms with Crippen LogP contribution in [0.5, 0.6) is 0 Å². The van der Waals surface area contributed by atoms with Crippen molar-refractivity contribution in [2.24, 2.45) is 13.0 Å². The molecule has 2 N–H and O–H groups in total. The molecule has 0 aliphatic carbocycles. The van der Waals surface area contributed by atoms with Crippen LogP contribution in [0.15, 0.2) is 6.20 Å². The number of rotatable bonds is 4. The number of carbonyl (C=O) groups is 1. The molecule has 1 fully saturated rings. The molecule has 8 nitrogen and oxygen atoms in total. The summed E-state index contributed by atoms with van der Waals surface area (Å²) in [5.74, 6) is 0.0387. The summed E-state index contributed by atoms with van der Waals surface area (Å²) in [5, 5.41) is 7.07. The quantitative estimate of drug-likeness (QED) is 0.809. The topological polar surface area (TPSA) is 96.3 Å². The van der Waals surface area contributed by atoms with Gasteiger partial charge in [0.25, 0.3) is 10.2 Å². The second kappa shape index (κ2) is 6.58. The molecule has 1 aromatic rings. The Hall–Kier alpha value is -1.45. The van der Waals surface area contributed by atoms with Crippen LogP contribution in [0.4, 0.5) is 0 Å². The fourth-order valence-corrected chi connectivity index (χ4v) is 3.96. The van der Waals surface area contributed by atoms with Gasteiger partial charge in [0.2, 0.25) is 5.91 Å². The van der Waals surface area contributed by atoms with Crippen LogP contribution in [0.2, 0.25) is 0 Å². The molecule has 2 heterocycles. The third-order valence-corrected chi connectivity index (χ3v) is 5.58. The third kappa shape index (κ3) is 3.91. The Morgan fingerprint density at radius 2 is 2.13 bits per heavy atom. The zero-order valence-electron chi connectivity index (χ0n) is 14.2. The monoisotopic (exact) mass is 343 g/mol. The van der Waals surface area contributed by atoms with E-state index in [9.17, 15) is 13.2 Å². The van der Waals surface area contributed by atoms with Crippen molar-refractivity contribution in [3.8, 4) is 0 Å². The van der Waals surface area contributed by atoms with Crippen LogP contribution in [0.3, 0.4) is 0 Å². The van der Waals surface area contributed by atoms with E-state index >= 15 is 0 Å². The van der Waals surface area contributed by atoms with E-state index in [0.717, 1.165) is 15.6 Å². The van der Waals surface area contributed by atoms with Gasteiger partial charge < -0.3 is 5.32 Å². The van der Waals surface area contributed by atoms with Gasteiger partial charge in [-0.1, -0.05) is 13.8 Å². The number of nitrogens with zero attached hydrogens (tertiary/aromatic N) is 3. The predicted molar refractivity (Wildman–Crippen MR) is 86.8 cm³/mol. The average Bonchev–Trinajstić information content (AvgIpc) is 2.77. The molecule has 0 spiro atoms. The maximum absolute atomic E-state index is 12.4. The summed E-state index contributed by atoms with van der Waals surface area (Å²) in [6.45, 7) is 6.33. The normalized spacial score (nSPS) is 24.8. The van der Waals surface area contributed by atoms with Crippen molar-refractivity contribution < 1.29 is 13.2 Å². The lowest BCUT2D eigenvalue weighted by Gasteiger charge is -2.36. The van der Waals surface area contributed by atoms with Gasteiger partial charge in [0.05, 0.1) is 11.7 Å². The van der Waals surface area contributed by atoms with E-state index in [4.69, 9.17) is 0 Å². The van der Waals surface area contributed by atoms with Gasteiger partial charge in [-0.25, -0.2) is 0 Å². The van der Waals surface area contributed by atoms with Crippen molar-refractivity contribution in [1.82, 2.24) is 24.1 Å². The molecule has 2 rings (SSSR count). The lowest BCUT2D eigenvalue weighted by Crippen LogP contribution is -2.57. The molecule has 1 aromatic heterocycles. The SMILES string of the molecule is Cc1nn(C)cc1[C@@H]1C[C@H](C(=O)NCC(C)C)N(C)S(=O)(=O)N1. The second-order valence-electron chi connectivity index (χ2n) is 6.43.